The molecule has 106 valence electrons. The molecule has 0 bridgehead atoms. The molecule has 1 unspecified atom stereocenters. The second-order valence-corrected chi connectivity index (χ2v) is 4.86. The lowest BCUT2D eigenvalue weighted by Gasteiger charge is -2.20. The Morgan fingerprint density at radius 3 is 2.84 bits per heavy atom. The first-order chi connectivity index (χ1) is 9.30. The molecule has 4 heteroatoms. The SMILES string of the molecule is CCCNC(C1=CCCO1)c1cc(CC)nn1CC. The maximum Gasteiger partial charge on any atom is 0.115 e. The van der Waals surface area contributed by atoms with Gasteiger partial charge in [-0.05, 0) is 38.5 Å². The first-order valence-electron chi connectivity index (χ1n) is 7.42. The van der Waals surface area contributed by atoms with Crippen molar-refractivity contribution >= 4 is 0 Å². The Morgan fingerprint density at radius 1 is 1.42 bits per heavy atom. The number of hydrogen-bond acceptors (Lipinski definition) is 3. The van der Waals surface area contributed by atoms with Crippen LogP contribution in [0.25, 0.3) is 0 Å². The molecule has 1 aliphatic heterocycles. The van der Waals surface area contributed by atoms with Gasteiger partial charge in [-0.3, -0.25) is 4.68 Å². The van der Waals surface area contributed by atoms with Crippen LogP contribution in [0.1, 0.15) is 51.0 Å². The van der Waals surface area contributed by atoms with Gasteiger partial charge in [-0.2, -0.15) is 5.10 Å². The number of rotatable bonds is 7. The van der Waals surface area contributed by atoms with Crippen molar-refractivity contribution in [1.82, 2.24) is 15.1 Å². The van der Waals surface area contributed by atoms with Gasteiger partial charge in [0.25, 0.3) is 0 Å². The van der Waals surface area contributed by atoms with Gasteiger partial charge in [-0.25, -0.2) is 0 Å². The molecule has 1 N–H and O–H groups in total. The van der Waals surface area contributed by atoms with Crippen LogP contribution in [0.3, 0.4) is 0 Å². The summed E-state index contributed by atoms with van der Waals surface area (Å²) in [6, 6.07) is 2.36. The summed E-state index contributed by atoms with van der Waals surface area (Å²) in [4.78, 5) is 0. The quantitative estimate of drug-likeness (QED) is 0.822. The monoisotopic (exact) mass is 263 g/mol. The van der Waals surface area contributed by atoms with Crippen LogP contribution in [0.4, 0.5) is 0 Å². The molecule has 0 saturated carbocycles. The van der Waals surface area contributed by atoms with Crippen molar-refractivity contribution in [3.8, 4) is 0 Å². The molecule has 0 aromatic carbocycles. The molecular formula is C15H25N3O. The van der Waals surface area contributed by atoms with Gasteiger partial charge in [-0.1, -0.05) is 13.8 Å². The third-order valence-corrected chi connectivity index (χ3v) is 3.43. The van der Waals surface area contributed by atoms with Crippen molar-refractivity contribution in [1.29, 1.82) is 0 Å². The van der Waals surface area contributed by atoms with Gasteiger partial charge in [0, 0.05) is 13.0 Å². The molecule has 0 amide bonds. The lowest BCUT2D eigenvalue weighted by Crippen LogP contribution is -2.26. The lowest BCUT2D eigenvalue weighted by molar-refractivity contribution is 0.212. The Kier molecular flexibility index (Phi) is 5.02. The van der Waals surface area contributed by atoms with E-state index in [-0.39, 0.29) is 6.04 Å². The molecule has 0 radical (unpaired) electrons. The zero-order chi connectivity index (χ0) is 13.7. The van der Waals surface area contributed by atoms with Crippen LogP contribution in [0.5, 0.6) is 0 Å². The fourth-order valence-corrected chi connectivity index (χ4v) is 2.42. The van der Waals surface area contributed by atoms with E-state index in [9.17, 15) is 0 Å². The van der Waals surface area contributed by atoms with Crippen LogP contribution < -0.4 is 5.32 Å². The predicted octanol–water partition coefficient (Wildman–Crippen LogP) is 2.81. The molecule has 0 spiro atoms. The average Bonchev–Trinajstić information content (AvgIpc) is 3.08. The zero-order valence-corrected chi connectivity index (χ0v) is 12.3. The van der Waals surface area contributed by atoms with Crippen LogP contribution in [0.15, 0.2) is 17.9 Å². The van der Waals surface area contributed by atoms with Crippen molar-refractivity contribution in [3.05, 3.63) is 29.3 Å². The highest BCUT2D eigenvalue weighted by molar-refractivity contribution is 5.23. The minimum absolute atomic E-state index is 0.148. The summed E-state index contributed by atoms with van der Waals surface area (Å²) < 4.78 is 7.86. The third kappa shape index (κ3) is 3.18. The minimum atomic E-state index is 0.148. The van der Waals surface area contributed by atoms with E-state index in [1.807, 2.05) is 0 Å². The van der Waals surface area contributed by atoms with Gasteiger partial charge in [0.2, 0.25) is 0 Å². The van der Waals surface area contributed by atoms with Crippen molar-refractivity contribution < 1.29 is 4.74 Å². The van der Waals surface area contributed by atoms with E-state index in [2.05, 4.69) is 48.0 Å². The predicted molar refractivity (Wildman–Crippen MR) is 77.0 cm³/mol. The Hall–Kier alpha value is -1.29. The summed E-state index contributed by atoms with van der Waals surface area (Å²) in [7, 11) is 0. The molecule has 1 aliphatic rings. The van der Waals surface area contributed by atoms with Crippen LogP contribution in [0.2, 0.25) is 0 Å². The van der Waals surface area contributed by atoms with E-state index in [1.165, 1.54) is 5.69 Å². The summed E-state index contributed by atoms with van der Waals surface area (Å²) in [5.41, 5.74) is 2.37. The number of hydrogen-bond donors (Lipinski definition) is 1. The van der Waals surface area contributed by atoms with E-state index in [4.69, 9.17) is 4.74 Å². The Labute approximate surface area is 115 Å². The molecule has 1 aromatic rings. The van der Waals surface area contributed by atoms with E-state index < -0.39 is 0 Å². The van der Waals surface area contributed by atoms with Gasteiger partial charge < -0.3 is 10.1 Å². The Morgan fingerprint density at radius 2 is 2.26 bits per heavy atom. The summed E-state index contributed by atoms with van der Waals surface area (Å²) >= 11 is 0. The average molecular weight is 263 g/mol. The molecule has 0 aliphatic carbocycles. The molecule has 2 heterocycles. The summed E-state index contributed by atoms with van der Waals surface area (Å²) in [5.74, 6) is 1.06. The molecule has 0 saturated heterocycles. The number of aromatic nitrogens is 2. The van der Waals surface area contributed by atoms with Gasteiger partial charge in [0.1, 0.15) is 11.8 Å². The molecule has 0 fully saturated rings. The fraction of sp³-hybridized carbons (Fsp3) is 0.667. The second-order valence-electron chi connectivity index (χ2n) is 4.86. The molecule has 1 atom stereocenters. The van der Waals surface area contributed by atoms with Crippen molar-refractivity contribution in [2.24, 2.45) is 0 Å². The zero-order valence-electron chi connectivity index (χ0n) is 12.3. The highest BCUT2D eigenvalue weighted by Gasteiger charge is 2.24. The minimum Gasteiger partial charge on any atom is -0.496 e. The normalized spacial score (nSPS) is 16.3. The summed E-state index contributed by atoms with van der Waals surface area (Å²) in [5, 5.41) is 8.23. The van der Waals surface area contributed by atoms with Crippen LogP contribution >= 0.6 is 0 Å². The number of nitrogens with one attached hydrogen (secondary N) is 1. The van der Waals surface area contributed by atoms with E-state index in [0.29, 0.717) is 0 Å². The van der Waals surface area contributed by atoms with Gasteiger partial charge in [0.15, 0.2) is 0 Å². The first kappa shape index (κ1) is 14.1. The van der Waals surface area contributed by atoms with Crippen LogP contribution in [0, 0.1) is 0 Å². The molecule has 19 heavy (non-hydrogen) atoms. The van der Waals surface area contributed by atoms with Gasteiger partial charge in [0.05, 0.1) is 18.0 Å². The largest absolute Gasteiger partial charge is 0.496 e. The Bertz CT molecular complexity index is 437. The molecular weight excluding hydrogens is 238 g/mol. The van der Waals surface area contributed by atoms with Crippen LogP contribution in [-0.2, 0) is 17.7 Å². The molecule has 4 nitrogen and oxygen atoms in total. The summed E-state index contributed by atoms with van der Waals surface area (Å²) in [6.45, 7) is 9.15. The highest BCUT2D eigenvalue weighted by atomic mass is 16.5. The van der Waals surface area contributed by atoms with Gasteiger partial charge >= 0.3 is 0 Å². The van der Waals surface area contributed by atoms with Crippen molar-refractivity contribution in [2.45, 2.75) is 52.6 Å². The van der Waals surface area contributed by atoms with E-state index in [0.717, 1.165) is 50.4 Å². The maximum atomic E-state index is 5.77. The standard InChI is InChI=1S/C15H25N3O/c1-4-9-16-15(14-8-7-10-19-14)13-11-12(5-2)17-18(13)6-3/h8,11,15-16H,4-7,9-10H2,1-3H3. The van der Waals surface area contributed by atoms with Crippen molar-refractivity contribution in [3.63, 3.8) is 0 Å². The number of ether oxygens (including phenoxy) is 1. The highest BCUT2D eigenvalue weighted by Crippen LogP contribution is 2.27. The van der Waals surface area contributed by atoms with E-state index in [1.54, 1.807) is 0 Å². The third-order valence-electron chi connectivity index (χ3n) is 3.43. The van der Waals surface area contributed by atoms with Gasteiger partial charge in [-0.15, -0.1) is 0 Å². The smallest absolute Gasteiger partial charge is 0.115 e. The van der Waals surface area contributed by atoms with E-state index >= 15 is 0 Å². The maximum absolute atomic E-state index is 5.77. The first-order valence-corrected chi connectivity index (χ1v) is 7.42. The van der Waals surface area contributed by atoms with Crippen LogP contribution in [-0.4, -0.2) is 22.9 Å². The van der Waals surface area contributed by atoms with Crippen molar-refractivity contribution in [2.75, 3.05) is 13.2 Å². The fourth-order valence-electron chi connectivity index (χ4n) is 2.42. The lowest BCUT2D eigenvalue weighted by atomic mass is 10.1. The number of aryl methyl sites for hydroxylation is 2. The topological polar surface area (TPSA) is 39.1 Å². The number of nitrogens with zero attached hydrogens (tertiary/aromatic N) is 2. The second kappa shape index (κ2) is 6.75. The molecule has 1 aromatic heterocycles. The Balaban J connectivity index is 2.28. The summed E-state index contributed by atoms with van der Waals surface area (Å²) in [6.07, 6.45) is 5.30. The molecule has 2 rings (SSSR count).